The highest BCUT2D eigenvalue weighted by molar-refractivity contribution is 7.14. The minimum atomic E-state index is 0.126. The quantitative estimate of drug-likeness (QED) is 0.838. The summed E-state index contributed by atoms with van der Waals surface area (Å²) in [5.74, 6) is 0.126. The predicted octanol–water partition coefficient (Wildman–Crippen LogP) is 2.89. The summed E-state index contributed by atoms with van der Waals surface area (Å²) in [5.41, 5.74) is 1.43. The second-order valence-corrected chi connectivity index (χ2v) is 7.09. The molecule has 110 valence electrons. The van der Waals surface area contributed by atoms with E-state index in [9.17, 15) is 4.79 Å². The van der Waals surface area contributed by atoms with Crippen LogP contribution in [0, 0.1) is 0 Å². The van der Waals surface area contributed by atoms with Crippen LogP contribution in [0.2, 0.25) is 0 Å². The van der Waals surface area contributed by atoms with Crippen LogP contribution < -0.4 is 10.6 Å². The van der Waals surface area contributed by atoms with Crippen molar-refractivity contribution in [2.75, 3.05) is 13.1 Å². The maximum Gasteiger partial charge on any atom is 0.261 e. The van der Waals surface area contributed by atoms with Crippen LogP contribution in [0.15, 0.2) is 6.07 Å². The van der Waals surface area contributed by atoms with Crippen molar-refractivity contribution in [2.45, 2.75) is 57.4 Å². The zero-order valence-electron chi connectivity index (χ0n) is 12.0. The second-order valence-electron chi connectivity index (χ2n) is 5.96. The van der Waals surface area contributed by atoms with E-state index in [1.165, 1.54) is 49.0 Å². The predicted molar refractivity (Wildman–Crippen MR) is 83.6 cm³/mol. The summed E-state index contributed by atoms with van der Waals surface area (Å²) in [5, 5.41) is 6.55. The lowest BCUT2D eigenvalue weighted by Crippen LogP contribution is -2.30. The SMILES string of the molecule is O=C(NCC[C@@H]1CCCN1)c1cc2c(s1)CCCCC2. The smallest absolute Gasteiger partial charge is 0.261 e. The Hall–Kier alpha value is -0.870. The maximum absolute atomic E-state index is 12.2. The first-order chi connectivity index (χ1) is 9.83. The Morgan fingerprint density at radius 2 is 2.20 bits per heavy atom. The van der Waals surface area contributed by atoms with Gasteiger partial charge in [0, 0.05) is 17.5 Å². The molecule has 1 aliphatic carbocycles. The Bertz CT molecular complexity index is 440. The molecule has 1 aromatic rings. The van der Waals surface area contributed by atoms with E-state index in [0.29, 0.717) is 6.04 Å². The van der Waals surface area contributed by atoms with Crippen molar-refractivity contribution in [1.82, 2.24) is 10.6 Å². The molecule has 3 nitrogen and oxygen atoms in total. The van der Waals surface area contributed by atoms with Gasteiger partial charge in [-0.05, 0) is 63.1 Å². The molecular formula is C16H24N2OS. The van der Waals surface area contributed by atoms with E-state index in [2.05, 4.69) is 16.7 Å². The van der Waals surface area contributed by atoms with Gasteiger partial charge in [-0.2, -0.15) is 0 Å². The standard InChI is InChI=1S/C16H24N2OS/c19-16(18-10-8-13-6-4-9-17-13)15-11-12-5-2-1-3-7-14(12)20-15/h11,13,17H,1-10H2,(H,18,19)/t13-/m0/s1. The average molecular weight is 292 g/mol. The maximum atomic E-state index is 12.2. The summed E-state index contributed by atoms with van der Waals surface area (Å²) in [6.07, 6.45) is 9.79. The van der Waals surface area contributed by atoms with Gasteiger partial charge >= 0.3 is 0 Å². The summed E-state index contributed by atoms with van der Waals surface area (Å²) in [4.78, 5) is 14.6. The van der Waals surface area contributed by atoms with E-state index in [4.69, 9.17) is 0 Å². The molecule has 20 heavy (non-hydrogen) atoms. The van der Waals surface area contributed by atoms with Crippen LogP contribution in [-0.2, 0) is 12.8 Å². The number of aryl methyl sites for hydroxylation is 2. The van der Waals surface area contributed by atoms with Crippen LogP contribution in [0.5, 0.6) is 0 Å². The number of hydrogen-bond acceptors (Lipinski definition) is 3. The van der Waals surface area contributed by atoms with Gasteiger partial charge in [0.25, 0.3) is 5.91 Å². The highest BCUT2D eigenvalue weighted by Crippen LogP contribution is 2.28. The third kappa shape index (κ3) is 3.41. The molecule has 0 radical (unpaired) electrons. The van der Waals surface area contributed by atoms with Crippen LogP contribution in [0.3, 0.4) is 0 Å². The highest BCUT2D eigenvalue weighted by Gasteiger charge is 2.17. The molecule has 1 amide bonds. The molecule has 0 unspecified atom stereocenters. The van der Waals surface area contributed by atoms with Crippen molar-refractivity contribution >= 4 is 17.2 Å². The van der Waals surface area contributed by atoms with Gasteiger partial charge in [0.2, 0.25) is 0 Å². The molecule has 1 saturated heterocycles. The van der Waals surface area contributed by atoms with Crippen molar-refractivity contribution in [3.8, 4) is 0 Å². The lowest BCUT2D eigenvalue weighted by Gasteiger charge is -2.10. The fourth-order valence-electron chi connectivity index (χ4n) is 3.23. The number of hydrogen-bond donors (Lipinski definition) is 2. The van der Waals surface area contributed by atoms with Gasteiger partial charge in [-0.3, -0.25) is 4.79 Å². The monoisotopic (exact) mass is 292 g/mol. The molecule has 1 fully saturated rings. The van der Waals surface area contributed by atoms with Crippen LogP contribution >= 0.6 is 11.3 Å². The zero-order valence-corrected chi connectivity index (χ0v) is 12.9. The minimum absolute atomic E-state index is 0.126. The molecule has 0 bridgehead atoms. The molecule has 0 spiro atoms. The van der Waals surface area contributed by atoms with Crippen molar-refractivity contribution in [2.24, 2.45) is 0 Å². The van der Waals surface area contributed by atoms with Crippen LogP contribution in [0.4, 0.5) is 0 Å². The van der Waals surface area contributed by atoms with Crippen LogP contribution in [0.25, 0.3) is 0 Å². The van der Waals surface area contributed by atoms with E-state index in [1.807, 2.05) is 0 Å². The first-order valence-electron chi connectivity index (χ1n) is 7.96. The molecule has 1 aliphatic heterocycles. The van der Waals surface area contributed by atoms with Crippen molar-refractivity contribution in [3.63, 3.8) is 0 Å². The normalized spacial score (nSPS) is 22.3. The van der Waals surface area contributed by atoms with Gasteiger partial charge in [0.1, 0.15) is 0 Å². The Morgan fingerprint density at radius 3 is 3.05 bits per heavy atom. The molecule has 2 N–H and O–H groups in total. The number of carbonyl (C=O) groups is 1. The third-order valence-corrected chi connectivity index (χ3v) is 5.65. The summed E-state index contributed by atoms with van der Waals surface area (Å²) in [6, 6.07) is 2.74. The molecule has 0 saturated carbocycles. The lowest BCUT2D eigenvalue weighted by molar-refractivity contribution is 0.0956. The number of thiophene rings is 1. The topological polar surface area (TPSA) is 41.1 Å². The van der Waals surface area contributed by atoms with E-state index < -0.39 is 0 Å². The van der Waals surface area contributed by atoms with Crippen LogP contribution in [-0.4, -0.2) is 25.0 Å². The fourth-order valence-corrected chi connectivity index (χ4v) is 4.40. The van der Waals surface area contributed by atoms with Gasteiger partial charge in [-0.1, -0.05) is 6.42 Å². The van der Waals surface area contributed by atoms with E-state index in [0.717, 1.165) is 30.8 Å². The summed E-state index contributed by atoms with van der Waals surface area (Å²) in [6.45, 7) is 1.93. The zero-order chi connectivity index (χ0) is 13.8. The van der Waals surface area contributed by atoms with Gasteiger partial charge < -0.3 is 10.6 Å². The third-order valence-electron chi connectivity index (χ3n) is 4.41. The van der Waals surface area contributed by atoms with Crippen molar-refractivity contribution < 1.29 is 4.79 Å². The fraction of sp³-hybridized carbons (Fsp3) is 0.688. The molecule has 4 heteroatoms. The summed E-state index contributed by atoms with van der Waals surface area (Å²) in [7, 11) is 0. The molecule has 2 heterocycles. The number of nitrogens with one attached hydrogen (secondary N) is 2. The van der Waals surface area contributed by atoms with Crippen molar-refractivity contribution in [1.29, 1.82) is 0 Å². The van der Waals surface area contributed by atoms with Gasteiger partial charge in [-0.15, -0.1) is 11.3 Å². The first kappa shape index (κ1) is 14.1. The lowest BCUT2D eigenvalue weighted by atomic mass is 10.1. The van der Waals surface area contributed by atoms with Crippen LogP contribution in [0.1, 0.15) is 58.6 Å². The van der Waals surface area contributed by atoms with Gasteiger partial charge in [0.05, 0.1) is 4.88 Å². The summed E-state index contributed by atoms with van der Waals surface area (Å²) >= 11 is 1.71. The number of carbonyl (C=O) groups excluding carboxylic acids is 1. The molecule has 2 aliphatic rings. The highest BCUT2D eigenvalue weighted by atomic mass is 32.1. The number of rotatable bonds is 4. The Kier molecular flexibility index (Phi) is 4.73. The van der Waals surface area contributed by atoms with E-state index in [1.54, 1.807) is 11.3 Å². The van der Waals surface area contributed by atoms with E-state index in [-0.39, 0.29) is 5.91 Å². The average Bonchev–Trinajstić information content (AvgIpc) is 3.05. The Labute approximate surface area is 125 Å². The minimum Gasteiger partial charge on any atom is -0.351 e. The summed E-state index contributed by atoms with van der Waals surface area (Å²) < 4.78 is 0. The largest absolute Gasteiger partial charge is 0.351 e. The Morgan fingerprint density at radius 1 is 1.30 bits per heavy atom. The molecule has 3 rings (SSSR count). The van der Waals surface area contributed by atoms with Gasteiger partial charge in [0.15, 0.2) is 0 Å². The molecular weight excluding hydrogens is 268 g/mol. The molecule has 1 aromatic heterocycles. The first-order valence-corrected chi connectivity index (χ1v) is 8.78. The number of fused-ring (bicyclic) bond motifs is 1. The second kappa shape index (κ2) is 6.72. The molecule has 0 aromatic carbocycles. The number of amides is 1. The van der Waals surface area contributed by atoms with Crippen molar-refractivity contribution in [3.05, 3.63) is 21.4 Å². The van der Waals surface area contributed by atoms with E-state index >= 15 is 0 Å². The Balaban J connectivity index is 1.51. The molecule has 1 atom stereocenters. The van der Waals surface area contributed by atoms with Gasteiger partial charge in [-0.25, -0.2) is 0 Å².